The quantitative estimate of drug-likeness (QED) is 0.771. The lowest BCUT2D eigenvalue weighted by molar-refractivity contribution is 0.173. The standard InChI is InChI=1S/C9H19O3P.C2H6.CH4O/c1-8-3-5-9(6-4-8)7-12-13(2,10)11;2*1-2/h8-9H,3-7H2,1-2H3,(H,10,11);1-2H3;2H,1H3. The molecule has 0 spiro atoms. The predicted molar refractivity (Wildman–Crippen MR) is 72.3 cm³/mol. The molecular weight excluding hydrogens is 239 g/mol. The van der Waals surface area contributed by atoms with Crippen molar-refractivity contribution in [3.05, 3.63) is 0 Å². The molecule has 0 saturated heterocycles. The van der Waals surface area contributed by atoms with E-state index >= 15 is 0 Å². The molecule has 0 aromatic rings. The molecule has 0 amide bonds. The summed E-state index contributed by atoms with van der Waals surface area (Å²) in [5.41, 5.74) is 0. The summed E-state index contributed by atoms with van der Waals surface area (Å²) in [7, 11) is -2.25. The van der Waals surface area contributed by atoms with Gasteiger partial charge in [-0.2, -0.15) is 0 Å². The van der Waals surface area contributed by atoms with Gasteiger partial charge in [0.25, 0.3) is 0 Å². The largest absolute Gasteiger partial charge is 0.400 e. The van der Waals surface area contributed by atoms with Gasteiger partial charge >= 0.3 is 7.60 Å². The molecule has 0 radical (unpaired) electrons. The summed E-state index contributed by atoms with van der Waals surface area (Å²) in [6.07, 6.45) is 4.74. The highest BCUT2D eigenvalue weighted by Crippen LogP contribution is 2.39. The fourth-order valence-corrected chi connectivity index (χ4v) is 2.23. The van der Waals surface area contributed by atoms with Crippen LogP contribution in [0.1, 0.15) is 46.5 Å². The first-order valence-corrected chi connectivity index (χ1v) is 8.39. The van der Waals surface area contributed by atoms with Crippen molar-refractivity contribution in [2.75, 3.05) is 20.4 Å². The number of aliphatic hydroxyl groups excluding tert-OH is 1. The van der Waals surface area contributed by atoms with Gasteiger partial charge in [-0.3, -0.25) is 4.57 Å². The molecular formula is C12H29O4P. The Hall–Kier alpha value is 0.110. The van der Waals surface area contributed by atoms with E-state index in [9.17, 15) is 4.57 Å². The summed E-state index contributed by atoms with van der Waals surface area (Å²) in [5.74, 6) is 1.32. The van der Waals surface area contributed by atoms with Crippen LogP contribution in [0.4, 0.5) is 0 Å². The minimum absolute atomic E-state index is 0.455. The third kappa shape index (κ3) is 12.4. The lowest BCUT2D eigenvalue weighted by Gasteiger charge is -2.26. The number of rotatable bonds is 3. The van der Waals surface area contributed by atoms with Gasteiger partial charge in [0, 0.05) is 13.8 Å². The third-order valence-electron chi connectivity index (χ3n) is 2.69. The molecule has 0 bridgehead atoms. The third-order valence-corrected chi connectivity index (χ3v) is 3.31. The van der Waals surface area contributed by atoms with Crippen LogP contribution in [-0.2, 0) is 9.09 Å². The maximum Gasteiger partial charge on any atom is 0.325 e. The first kappa shape index (κ1) is 19.4. The fourth-order valence-electron chi connectivity index (χ4n) is 1.74. The first-order valence-electron chi connectivity index (χ1n) is 6.37. The molecule has 5 heteroatoms. The van der Waals surface area contributed by atoms with Gasteiger partial charge in [0.2, 0.25) is 0 Å². The molecule has 0 aromatic heterocycles. The van der Waals surface area contributed by atoms with Crippen LogP contribution in [-0.4, -0.2) is 30.4 Å². The van der Waals surface area contributed by atoms with Crippen molar-refractivity contribution in [1.82, 2.24) is 0 Å². The molecule has 1 aliphatic carbocycles. The molecule has 0 aliphatic heterocycles. The number of hydrogen-bond donors (Lipinski definition) is 2. The average Bonchev–Trinajstić information content (AvgIpc) is 2.33. The molecule has 1 atom stereocenters. The van der Waals surface area contributed by atoms with E-state index < -0.39 is 7.60 Å². The van der Waals surface area contributed by atoms with E-state index in [0.717, 1.165) is 25.9 Å². The van der Waals surface area contributed by atoms with Crippen LogP contribution in [0.5, 0.6) is 0 Å². The summed E-state index contributed by atoms with van der Waals surface area (Å²) in [6, 6.07) is 0. The molecule has 4 nitrogen and oxygen atoms in total. The van der Waals surface area contributed by atoms with E-state index in [1.54, 1.807) is 0 Å². The van der Waals surface area contributed by atoms with Gasteiger partial charge in [-0.15, -0.1) is 0 Å². The van der Waals surface area contributed by atoms with Crippen molar-refractivity contribution in [3.63, 3.8) is 0 Å². The molecule has 0 heterocycles. The van der Waals surface area contributed by atoms with Gasteiger partial charge in [0.05, 0.1) is 6.61 Å². The molecule has 2 N–H and O–H groups in total. The second-order valence-electron chi connectivity index (χ2n) is 4.22. The number of aliphatic hydroxyl groups is 1. The van der Waals surface area contributed by atoms with E-state index in [2.05, 4.69) is 6.92 Å². The highest BCUT2D eigenvalue weighted by Gasteiger charge is 2.20. The summed E-state index contributed by atoms with van der Waals surface area (Å²) in [5, 5.41) is 7.00. The van der Waals surface area contributed by atoms with Crippen LogP contribution >= 0.6 is 7.60 Å². The van der Waals surface area contributed by atoms with Crippen LogP contribution in [0, 0.1) is 11.8 Å². The smallest absolute Gasteiger partial charge is 0.325 e. The molecule has 106 valence electrons. The van der Waals surface area contributed by atoms with Crippen molar-refractivity contribution in [3.8, 4) is 0 Å². The van der Waals surface area contributed by atoms with Gasteiger partial charge in [0.15, 0.2) is 0 Å². The van der Waals surface area contributed by atoms with E-state index in [4.69, 9.17) is 14.5 Å². The van der Waals surface area contributed by atoms with E-state index in [0.29, 0.717) is 12.5 Å². The molecule has 1 saturated carbocycles. The SMILES string of the molecule is CC.CC1CCC(COP(C)(=O)O)CC1.CO. The van der Waals surface area contributed by atoms with Crippen molar-refractivity contribution in [2.24, 2.45) is 11.8 Å². The van der Waals surface area contributed by atoms with Crippen LogP contribution in [0.15, 0.2) is 0 Å². The van der Waals surface area contributed by atoms with Gasteiger partial charge in [-0.1, -0.05) is 33.6 Å². The summed E-state index contributed by atoms with van der Waals surface area (Å²) >= 11 is 0. The van der Waals surface area contributed by atoms with Gasteiger partial charge in [-0.05, 0) is 24.7 Å². The van der Waals surface area contributed by atoms with Crippen LogP contribution < -0.4 is 0 Å². The van der Waals surface area contributed by atoms with Crippen molar-refractivity contribution in [1.29, 1.82) is 0 Å². The zero-order valence-corrected chi connectivity index (χ0v) is 12.7. The Morgan fingerprint density at radius 1 is 1.18 bits per heavy atom. The lowest BCUT2D eigenvalue weighted by atomic mass is 9.83. The van der Waals surface area contributed by atoms with Crippen molar-refractivity contribution < 1.29 is 19.1 Å². The Morgan fingerprint density at radius 2 is 1.59 bits per heavy atom. The Labute approximate surface area is 106 Å². The number of hydrogen-bond acceptors (Lipinski definition) is 3. The minimum Gasteiger partial charge on any atom is -0.400 e. The topological polar surface area (TPSA) is 66.8 Å². The maximum absolute atomic E-state index is 10.9. The zero-order chi connectivity index (χ0) is 13.9. The van der Waals surface area contributed by atoms with Gasteiger partial charge in [-0.25, -0.2) is 0 Å². The molecule has 17 heavy (non-hydrogen) atoms. The Morgan fingerprint density at radius 3 is 1.94 bits per heavy atom. The monoisotopic (exact) mass is 268 g/mol. The second kappa shape index (κ2) is 11.2. The Balaban J connectivity index is 0. The van der Waals surface area contributed by atoms with Crippen LogP contribution in [0.3, 0.4) is 0 Å². The predicted octanol–water partition coefficient (Wildman–Crippen LogP) is 3.28. The normalized spacial score (nSPS) is 26.8. The molecule has 0 aromatic carbocycles. The molecule has 1 fully saturated rings. The maximum atomic E-state index is 10.9. The molecule has 1 rings (SSSR count). The van der Waals surface area contributed by atoms with Crippen molar-refractivity contribution in [2.45, 2.75) is 46.5 Å². The summed E-state index contributed by atoms with van der Waals surface area (Å²) in [4.78, 5) is 8.93. The zero-order valence-electron chi connectivity index (χ0n) is 11.8. The van der Waals surface area contributed by atoms with Crippen molar-refractivity contribution >= 4 is 7.60 Å². The lowest BCUT2D eigenvalue weighted by Crippen LogP contribution is -2.16. The fraction of sp³-hybridized carbons (Fsp3) is 1.00. The first-order chi connectivity index (χ1) is 7.97. The Bertz CT molecular complexity index is 195. The van der Waals surface area contributed by atoms with E-state index in [1.807, 2.05) is 13.8 Å². The van der Waals surface area contributed by atoms with Gasteiger partial charge < -0.3 is 14.5 Å². The highest BCUT2D eigenvalue weighted by atomic mass is 31.2. The van der Waals surface area contributed by atoms with Gasteiger partial charge in [0.1, 0.15) is 0 Å². The van der Waals surface area contributed by atoms with E-state index in [-0.39, 0.29) is 0 Å². The minimum atomic E-state index is -3.25. The van der Waals surface area contributed by atoms with Crippen LogP contribution in [0.25, 0.3) is 0 Å². The summed E-state index contributed by atoms with van der Waals surface area (Å²) in [6.45, 7) is 7.96. The molecule has 1 unspecified atom stereocenters. The molecule has 1 aliphatic rings. The summed E-state index contributed by atoms with van der Waals surface area (Å²) < 4.78 is 15.8. The Kier molecular flexibility index (Phi) is 12.8. The van der Waals surface area contributed by atoms with Crippen LogP contribution in [0.2, 0.25) is 0 Å². The van der Waals surface area contributed by atoms with E-state index in [1.165, 1.54) is 19.5 Å². The second-order valence-corrected chi connectivity index (χ2v) is 6.09. The highest BCUT2D eigenvalue weighted by molar-refractivity contribution is 7.51. The average molecular weight is 268 g/mol.